The van der Waals surface area contributed by atoms with Crippen molar-refractivity contribution in [1.29, 1.82) is 0 Å². The van der Waals surface area contributed by atoms with Crippen LogP contribution < -0.4 is 10.2 Å². The molecule has 4 nitrogen and oxygen atoms in total. The van der Waals surface area contributed by atoms with E-state index >= 15 is 0 Å². The molecule has 0 bridgehead atoms. The van der Waals surface area contributed by atoms with Gasteiger partial charge in [0.2, 0.25) is 0 Å². The number of anilines is 1. The van der Waals surface area contributed by atoms with Gasteiger partial charge in [0.1, 0.15) is 5.82 Å². The second kappa shape index (κ2) is 7.26. The van der Waals surface area contributed by atoms with E-state index in [2.05, 4.69) is 28.9 Å². The Morgan fingerprint density at radius 2 is 2.37 bits per heavy atom. The summed E-state index contributed by atoms with van der Waals surface area (Å²) in [6.45, 7) is 6.96. The number of pyridine rings is 1. The van der Waals surface area contributed by atoms with E-state index in [0.717, 1.165) is 31.1 Å². The lowest BCUT2D eigenvalue weighted by Crippen LogP contribution is -2.28. The number of nitrogens with zero attached hydrogens (tertiary/aromatic N) is 2. The van der Waals surface area contributed by atoms with E-state index in [9.17, 15) is 0 Å². The molecule has 0 aromatic carbocycles. The summed E-state index contributed by atoms with van der Waals surface area (Å²) >= 11 is 0. The molecule has 0 spiro atoms. The van der Waals surface area contributed by atoms with Gasteiger partial charge in [0.15, 0.2) is 0 Å². The molecule has 0 unspecified atom stereocenters. The van der Waals surface area contributed by atoms with E-state index in [-0.39, 0.29) is 0 Å². The number of hydrogen-bond donors (Lipinski definition) is 1. The fourth-order valence-electron chi connectivity index (χ4n) is 1.93. The first kappa shape index (κ1) is 14.0. The second-order valence-corrected chi connectivity index (χ2v) is 4.87. The Hall–Kier alpha value is -1.39. The molecule has 1 heterocycles. The molecule has 2 rings (SSSR count). The molecule has 1 aliphatic rings. The van der Waals surface area contributed by atoms with Crippen LogP contribution in [-0.2, 0) is 11.3 Å². The van der Waals surface area contributed by atoms with Crippen LogP contribution in [0.25, 0.3) is 0 Å². The van der Waals surface area contributed by atoms with Crippen LogP contribution in [0, 0.1) is 0 Å². The lowest BCUT2D eigenvalue weighted by Gasteiger charge is -2.22. The number of aromatic nitrogens is 1. The average Bonchev–Trinajstić information content (AvgIpc) is 3.26. The summed E-state index contributed by atoms with van der Waals surface area (Å²) in [5, 5.41) is 3.49. The summed E-state index contributed by atoms with van der Waals surface area (Å²) in [6, 6.07) is 6.89. The Balaban J connectivity index is 1.98. The van der Waals surface area contributed by atoms with Gasteiger partial charge in [-0.05, 0) is 25.0 Å². The van der Waals surface area contributed by atoms with Gasteiger partial charge in [0.05, 0.1) is 12.3 Å². The number of methoxy groups -OCH3 is 1. The first-order chi connectivity index (χ1) is 9.33. The van der Waals surface area contributed by atoms with Crippen LogP contribution in [0.3, 0.4) is 0 Å². The Bertz CT molecular complexity index is 404. The minimum atomic E-state index is 0.695. The van der Waals surface area contributed by atoms with Gasteiger partial charge < -0.3 is 15.0 Å². The topological polar surface area (TPSA) is 37.4 Å². The molecule has 1 aromatic rings. The summed E-state index contributed by atoms with van der Waals surface area (Å²) in [5.41, 5.74) is 1.09. The molecule has 1 fully saturated rings. The number of hydrogen-bond acceptors (Lipinski definition) is 4. The number of nitrogens with one attached hydrogen (secondary N) is 1. The van der Waals surface area contributed by atoms with Crippen molar-refractivity contribution in [3.63, 3.8) is 0 Å². The van der Waals surface area contributed by atoms with Crippen LogP contribution in [0.1, 0.15) is 18.5 Å². The van der Waals surface area contributed by atoms with Crippen molar-refractivity contribution in [3.05, 3.63) is 36.5 Å². The molecule has 0 saturated heterocycles. The third-order valence-corrected chi connectivity index (χ3v) is 3.18. The SMILES string of the molecule is C=CCN(CCOC)c1cccc(CNC2CC2)n1. The van der Waals surface area contributed by atoms with E-state index in [1.54, 1.807) is 7.11 Å². The first-order valence-electron chi connectivity index (χ1n) is 6.87. The summed E-state index contributed by atoms with van der Waals surface area (Å²) in [4.78, 5) is 6.88. The van der Waals surface area contributed by atoms with Crippen molar-refractivity contribution in [2.24, 2.45) is 0 Å². The number of rotatable bonds is 9. The molecule has 0 radical (unpaired) electrons. The van der Waals surface area contributed by atoms with Gasteiger partial charge in [-0.2, -0.15) is 0 Å². The zero-order valence-corrected chi connectivity index (χ0v) is 11.6. The van der Waals surface area contributed by atoms with Crippen LogP contribution in [0.15, 0.2) is 30.9 Å². The molecule has 0 aliphatic heterocycles. The number of ether oxygens (including phenoxy) is 1. The van der Waals surface area contributed by atoms with Gasteiger partial charge in [0.25, 0.3) is 0 Å². The molecule has 1 saturated carbocycles. The fourth-order valence-corrected chi connectivity index (χ4v) is 1.93. The minimum absolute atomic E-state index is 0.695. The van der Waals surface area contributed by atoms with Gasteiger partial charge in [-0.1, -0.05) is 12.1 Å². The van der Waals surface area contributed by atoms with Crippen LogP contribution >= 0.6 is 0 Å². The Morgan fingerprint density at radius 1 is 1.53 bits per heavy atom. The summed E-state index contributed by atoms with van der Waals surface area (Å²) in [6.07, 6.45) is 4.50. The van der Waals surface area contributed by atoms with Gasteiger partial charge in [-0.15, -0.1) is 6.58 Å². The summed E-state index contributed by atoms with van der Waals surface area (Å²) in [7, 11) is 1.72. The molecular formula is C15H23N3O. The Kier molecular flexibility index (Phi) is 5.36. The van der Waals surface area contributed by atoms with Crippen LogP contribution in [-0.4, -0.2) is 37.8 Å². The fraction of sp³-hybridized carbons (Fsp3) is 0.533. The summed E-state index contributed by atoms with van der Waals surface area (Å²) < 4.78 is 5.14. The van der Waals surface area contributed by atoms with E-state index in [4.69, 9.17) is 9.72 Å². The van der Waals surface area contributed by atoms with Crippen molar-refractivity contribution >= 4 is 5.82 Å². The second-order valence-electron chi connectivity index (χ2n) is 4.87. The quantitative estimate of drug-likeness (QED) is 0.690. The predicted molar refractivity (Wildman–Crippen MR) is 78.4 cm³/mol. The summed E-state index contributed by atoms with van der Waals surface area (Å²) in [5.74, 6) is 0.993. The van der Waals surface area contributed by atoms with Crippen LogP contribution in [0.5, 0.6) is 0 Å². The highest BCUT2D eigenvalue weighted by atomic mass is 16.5. The van der Waals surface area contributed by atoms with Gasteiger partial charge >= 0.3 is 0 Å². The predicted octanol–water partition coefficient (Wildman–Crippen LogP) is 1.97. The third-order valence-electron chi connectivity index (χ3n) is 3.18. The molecule has 1 N–H and O–H groups in total. The maximum absolute atomic E-state index is 5.14. The van der Waals surface area contributed by atoms with Gasteiger partial charge in [0, 0.05) is 32.8 Å². The normalized spacial score (nSPS) is 14.4. The lowest BCUT2D eigenvalue weighted by molar-refractivity contribution is 0.205. The smallest absolute Gasteiger partial charge is 0.129 e. The van der Waals surface area contributed by atoms with Gasteiger partial charge in [-0.25, -0.2) is 4.98 Å². The highest BCUT2D eigenvalue weighted by molar-refractivity contribution is 5.40. The van der Waals surface area contributed by atoms with Crippen molar-refractivity contribution in [3.8, 4) is 0 Å². The van der Waals surface area contributed by atoms with E-state index in [1.165, 1.54) is 12.8 Å². The molecule has 104 valence electrons. The molecular weight excluding hydrogens is 238 g/mol. The molecule has 1 aliphatic carbocycles. The Morgan fingerprint density at radius 3 is 3.05 bits per heavy atom. The molecule has 0 amide bonds. The third kappa shape index (κ3) is 4.65. The van der Waals surface area contributed by atoms with E-state index in [1.807, 2.05) is 12.1 Å². The molecule has 0 atom stereocenters. The van der Waals surface area contributed by atoms with Crippen molar-refractivity contribution < 1.29 is 4.74 Å². The minimum Gasteiger partial charge on any atom is -0.383 e. The molecule has 1 aromatic heterocycles. The zero-order valence-electron chi connectivity index (χ0n) is 11.6. The first-order valence-corrected chi connectivity index (χ1v) is 6.87. The van der Waals surface area contributed by atoms with E-state index < -0.39 is 0 Å². The highest BCUT2D eigenvalue weighted by Gasteiger charge is 2.20. The standard InChI is InChI=1S/C15H23N3O/c1-3-9-18(10-11-19-2)15-6-4-5-14(17-15)12-16-13-7-8-13/h3-6,13,16H,1,7-12H2,2H3. The largest absolute Gasteiger partial charge is 0.383 e. The lowest BCUT2D eigenvalue weighted by atomic mass is 10.3. The molecule has 19 heavy (non-hydrogen) atoms. The van der Waals surface area contributed by atoms with Crippen LogP contribution in [0.4, 0.5) is 5.82 Å². The van der Waals surface area contributed by atoms with E-state index in [0.29, 0.717) is 12.6 Å². The zero-order chi connectivity index (χ0) is 13.5. The maximum Gasteiger partial charge on any atom is 0.129 e. The average molecular weight is 261 g/mol. The maximum atomic E-state index is 5.14. The Labute approximate surface area is 115 Å². The monoisotopic (exact) mass is 261 g/mol. The molecule has 4 heteroatoms. The van der Waals surface area contributed by atoms with Crippen molar-refractivity contribution in [2.45, 2.75) is 25.4 Å². The van der Waals surface area contributed by atoms with Gasteiger partial charge in [-0.3, -0.25) is 0 Å². The van der Waals surface area contributed by atoms with Crippen molar-refractivity contribution in [1.82, 2.24) is 10.3 Å². The van der Waals surface area contributed by atoms with Crippen molar-refractivity contribution in [2.75, 3.05) is 31.7 Å². The van der Waals surface area contributed by atoms with Crippen LogP contribution in [0.2, 0.25) is 0 Å². The highest BCUT2D eigenvalue weighted by Crippen LogP contribution is 2.19.